The molecule has 0 aliphatic carbocycles. The Morgan fingerprint density at radius 1 is 1.30 bits per heavy atom. The van der Waals surface area contributed by atoms with Crippen LogP contribution in [0, 0.1) is 0 Å². The number of nitrogens with one attached hydrogen (secondary N) is 1. The van der Waals surface area contributed by atoms with Gasteiger partial charge >= 0.3 is 5.63 Å². The van der Waals surface area contributed by atoms with Gasteiger partial charge in [0.25, 0.3) is 5.91 Å². The summed E-state index contributed by atoms with van der Waals surface area (Å²) >= 11 is 0. The Balaban J connectivity index is 2.11. The van der Waals surface area contributed by atoms with E-state index in [-0.39, 0.29) is 24.1 Å². The maximum Gasteiger partial charge on any atom is 0.336 e. The lowest BCUT2D eigenvalue weighted by Crippen LogP contribution is -2.29. The van der Waals surface area contributed by atoms with Gasteiger partial charge in [0.1, 0.15) is 11.3 Å². The Labute approximate surface area is 135 Å². The smallest absolute Gasteiger partial charge is 0.336 e. The van der Waals surface area contributed by atoms with E-state index >= 15 is 0 Å². The summed E-state index contributed by atoms with van der Waals surface area (Å²) in [6.07, 6.45) is 1.98. The van der Waals surface area contributed by atoms with Crippen LogP contribution in [0.1, 0.15) is 45.1 Å². The van der Waals surface area contributed by atoms with E-state index in [1.54, 1.807) is 12.1 Å². The molecule has 0 saturated heterocycles. The topological polar surface area (TPSA) is 68.5 Å². The molecule has 23 heavy (non-hydrogen) atoms. The number of carbonyl (C=O) groups is 1. The number of rotatable bonds is 7. The number of fused-ring (bicyclic) bond motifs is 1. The Morgan fingerprint density at radius 3 is 2.78 bits per heavy atom. The number of hydrogen-bond donors (Lipinski definition) is 1. The van der Waals surface area contributed by atoms with Gasteiger partial charge in [-0.3, -0.25) is 4.79 Å². The van der Waals surface area contributed by atoms with Gasteiger partial charge in [-0.25, -0.2) is 4.79 Å². The molecule has 1 aromatic heterocycles. The second kappa shape index (κ2) is 7.81. The Hall–Kier alpha value is -2.30. The zero-order valence-corrected chi connectivity index (χ0v) is 13.8. The molecule has 0 spiro atoms. The number of unbranched alkanes of at least 4 members (excludes halogenated alkanes) is 1. The van der Waals surface area contributed by atoms with E-state index in [1.165, 1.54) is 6.07 Å². The molecule has 0 saturated carbocycles. The summed E-state index contributed by atoms with van der Waals surface area (Å²) in [5, 5.41) is 3.68. The number of amides is 1. The lowest BCUT2D eigenvalue weighted by atomic mass is 10.00. The highest BCUT2D eigenvalue weighted by atomic mass is 16.5. The van der Waals surface area contributed by atoms with Crippen LogP contribution in [-0.4, -0.2) is 19.1 Å². The lowest BCUT2D eigenvalue weighted by Gasteiger charge is -2.10. The first kappa shape index (κ1) is 17.1. The third-order valence-electron chi connectivity index (χ3n) is 3.59. The molecular formula is C18H23NO4. The molecule has 0 bridgehead atoms. The van der Waals surface area contributed by atoms with E-state index in [1.807, 2.05) is 19.9 Å². The molecule has 0 aliphatic rings. The summed E-state index contributed by atoms with van der Waals surface area (Å²) in [6.45, 7) is 6.72. The minimum absolute atomic E-state index is 0.0523. The molecule has 1 aromatic carbocycles. The van der Waals surface area contributed by atoms with Crippen LogP contribution >= 0.6 is 0 Å². The Morgan fingerprint density at radius 2 is 2.09 bits per heavy atom. The molecule has 1 amide bonds. The zero-order chi connectivity index (χ0) is 16.8. The standard InChI is InChI=1S/C18H23NO4/c1-4-5-8-19-17(20)11-22-13-6-7-14-15(12(2)3)10-18(21)23-16(14)9-13/h6-7,9-10,12H,4-5,8,11H2,1-3H3,(H,19,20). The second-order valence-corrected chi connectivity index (χ2v) is 5.83. The van der Waals surface area contributed by atoms with Crippen molar-refractivity contribution in [2.75, 3.05) is 13.2 Å². The number of carbonyl (C=O) groups excluding carboxylic acids is 1. The van der Waals surface area contributed by atoms with Gasteiger partial charge in [0, 0.05) is 24.1 Å². The molecule has 0 fully saturated rings. The summed E-state index contributed by atoms with van der Waals surface area (Å²) in [7, 11) is 0. The maximum atomic E-state index is 11.7. The van der Waals surface area contributed by atoms with Gasteiger partial charge in [-0.15, -0.1) is 0 Å². The molecule has 124 valence electrons. The molecule has 2 aromatic rings. The van der Waals surface area contributed by atoms with Crippen molar-refractivity contribution in [3.63, 3.8) is 0 Å². The quantitative estimate of drug-likeness (QED) is 0.629. The summed E-state index contributed by atoms with van der Waals surface area (Å²) in [5.41, 5.74) is 1.04. The molecule has 5 heteroatoms. The van der Waals surface area contributed by atoms with E-state index in [2.05, 4.69) is 12.2 Å². The molecule has 5 nitrogen and oxygen atoms in total. The SMILES string of the molecule is CCCCNC(=O)COc1ccc2c(C(C)C)cc(=O)oc2c1. The highest BCUT2D eigenvalue weighted by molar-refractivity contribution is 5.82. The predicted molar refractivity (Wildman–Crippen MR) is 90.0 cm³/mol. The van der Waals surface area contributed by atoms with Crippen LogP contribution in [0.3, 0.4) is 0 Å². The van der Waals surface area contributed by atoms with Gasteiger partial charge in [-0.05, 0) is 30.0 Å². The average Bonchev–Trinajstić information content (AvgIpc) is 2.51. The number of ether oxygens (including phenoxy) is 1. The van der Waals surface area contributed by atoms with Crippen molar-refractivity contribution in [2.24, 2.45) is 0 Å². The minimum atomic E-state index is -0.379. The van der Waals surface area contributed by atoms with Crippen LogP contribution in [-0.2, 0) is 4.79 Å². The summed E-state index contributed by atoms with van der Waals surface area (Å²) in [6, 6.07) is 6.82. The number of hydrogen-bond acceptors (Lipinski definition) is 4. The van der Waals surface area contributed by atoms with E-state index in [4.69, 9.17) is 9.15 Å². The Bertz CT molecular complexity index is 733. The van der Waals surface area contributed by atoms with E-state index in [0.29, 0.717) is 17.9 Å². The first-order valence-electron chi connectivity index (χ1n) is 7.98. The van der Waals surface area contributed by atoms with Gasteiger partial charge in [0.05, 0.1) is 0 Å². The molecule has 0 aliphatic heterocycles. The van der Waals surface area contributed by atoms with Crippen LogP contribution in [0.4, 0.5) is 0 Å². The van der Waals surface area contributed by atoms with Crippen molar-refractivity contribution < 1.29 is 13.9 Å². The van der Waals surface area contributed by atoms with Crippen molar-refractivity contribution in [3.8, 4) is 5.75 Å². The molecule has 1 N–H and O–H groups in total. The van der Waals surface area contributed by atoms with Crippen molar-refractivity contribution in [1.29, 1.82) is 0 Å². The second-order valence-electron chi connectivity index (χ2n) is 5.83. The fourth-order valence-corrected chi connectivity index (χ4v) is 2.34. The summed E-state index contributed by atoms with van der Waals surface area (Å²) in [4.78, 5) is 23.3. The van der Waals surface area contributed by atoms with Crippen LogP contribution in [0.2, 0.25) is 0 Å². The number of benzene rings is 1. The van der Waals surface area contributed by atoms with Crippen LogP contribution < -0.4 is 15.7 Å². The van der Waals surface area contributed by atoms with Gasteiger partial charge < -0.3 is 14.5 Å². The molecule has 0 radical (unpaired) electrons. The van der Waals surface area contributed by atoms with Crippen molar-refractivity contribution in [2.45, 2.75) is 39.5 Å². The predicted octanol–water partition coefficient (Wildman–Crippen LogP) is 3.21. The lowest BCUT2D eigenvalue weighted by molar-refractivity contribution is -0.123. The largest absolute Gasteiger partial charge is 0.484 e. The van der Waals surface area contributed by atoms with Crippen LogP contribution in [0.15, 0.2) is 33.5 Å². The molecule has 1 heterocycles. The third-order valence-corrected chi connectivity index (χ3v) is 3.59. The maximum absolute atomic E-state index is 11.7. The van der Waals surface area contributed by atoms with Gasteiger partial charge in [-0.1, -0.05) is 27.2 Å². The van der Waals surface area contributed by atoms with Gasteiger partial charge in [0.15, 0.2) is 6.61 Å². The summed E-state index contributed by atoms with van der Waals surface area (Å²) in [5.74, 6) is 0.570. The highest BCUT2D eigenvalue weighted by Gasteiger charge is 2.10. The van der Waals surface area contributed by atoms with Gasteiger partial charge in [-0.2, -0.15) is 0 Å². The summed E-state index contributed by atoms with van der Waals surface area (Å²) < 4.78 is 10.7. The average molecular weight is 317 g/mol. The monoisotopic (exact) mass is 317 g/mol. The van der Waals surface area contributed by atoms with Crippen LogP contribution in [0.5, 0.6) is 5.75 Å². The van der Waals surface area contributed by atoms with Gasteiger partial charge in [0.2, 0.25) is 0 Å². The first-order chi connectivity index (χ1) is 11.0. The highest BCUT2D eigenvalue weighted by Crippen LogP contribution is 2.26. The zero-order valence-electron chi connectivity index (χ0n) is 13.8. The fraction of sp³-hybridized carbons (Fsp3) is 0.444. The van der Waals surface area contributed by atoms with E-state index in [9.17, 15) is 9.59 Å². The molecule has 2 rings (SSSR count). The van der Waals surface area contributed by atoms with E-state index in [0.717, 1.165) is 23.8 Å². The van der Waals surface area contributed by atoms with Crippen molar-refractivity contribution in [3.05, 3.63) is 40.2 Å². The molecular weight excluding hydrogens is 294 g/mol. The fourth-order valence-electron chi connectivity index (χ4n) is 2.34. The first-order valence-corrected chi connectivity index (χ1v) is 7.98. The third kappa shape index (κ3) is 4.58. The minimum Gasteiger partial charge on any atom is -0.484 e. The van der Waals surface area contributed by atoms with Crippen molar-refractivity contribution in [1.82, 2.24) is 5.32 Å². The molecule has 0 unspecified atom stereocenters. The van der Waals surface area contributed by atoms with Crippen molar-refractivity contribution >= 4 is 16.9 Å². The normalized spacial score (nSPS) is 11.0. The van der Waals surface area contributed by atoms with E-state index < -0.39 is 0 Å². The van der Waals surface area contributed by atoms with Crippen LogP contribution in [0.25, 0.3) is 11.0 Å². The Kier molecular flexibility index (Phi) is 5.79. The molecule has 0 atom stereocenters.